The molecule has 0 saturated heterocycles. The molecule has 2 aromatic heterocycles. The maximum absolute atomic E-state index is 5.75. The molecule has 9 heteroatoms. The van der Waals surface area contributed by atoms with Gasteiger partial charge in [0.25, 0.3) is 5.22 Å². The third kappa shape index (κ3) is 4.10. The third-order valence-electron chi connectivity index (χ3n) is 3.28. The highest BCUT2D eigenvalue weighted by molar-refractivity contribution is 9.11. The molecule has 3 aromatic rings. The highest BCUT2D eigenvalue weighted by Gasteiger charge is 2.17. The van der Waals surface area contributed by atoms with Crippen LogP contribution < -0.4 is 14.2 Å². The highest BCUT2D eigenvalue weighted by Crippen LogP contribution is 2.41. The molecule has 0 fully saturated rings. The maximum atomic E-state index is 5.75. The van der Waals surface area contributed by atoms with Crippen LogP contribution in [0.1, 0.15) is 4.88 Å². The molecule has 0 aliphatic rings. The molecule has 132 valence electrons. The predicted octanol–water partition coefficient (Wildman–Crippen LogP) is 4.88. The summed E-state index contributed by atoms with van der Waals surface area (Å²) in [6.07, 6.45) is 0. The first kappa shape index (κ1) is 18.1. The average Bonchev–Trinajstić information content (AvgIpc) is 3.27. The molecule has 0 saturated carbocycles. The molecule has 0 unspecified atom stereocenters. The Kier molecular flexibility index (Phi) is 5.87. The van der Waals surface area contributed by atoms with Crippen LogP contribution in [-0.2, 0) is 5.75 Å². The van der Waals surface area contributed by atoms with Crippen LogP contribution in [0.2, 0.25) is 0 Å². The van der Waals surface area contributed by atoms with Crippen molar-refractivity contribution in [2.45, 2.75) is 11.0 Å². The average molecular weight is 443 g/mol. The van der Waals surface area contributed by atoms with E-state index in [-0.39, 0.29) is 0 Å². The first-order valence-electron chi connectivity index (χ1n) is 7.15. The highest BCUT2D eigenvalue weighted by atomic mass is 79.9. The van der Waals surface area contributed by atoms with Gasteiger partial charge < -0.3 is 18.6 Å². The number of hydrogen-bond donors (Lipinski definition) is 0. The predicted molar refractivity (Wildman–Crippen MR) is 101 cm³/mol. The number of aromatic nitrogens is 2. The van der Waals surface area contributed by atoms with E-state index in [1.807, 2.05) is 6.07 Å². The quantitative estimate of drug-likeness (QED) is 0.482. The second-order valence-electron chi connectivity index (χ2n) is 4.78. The van der Waals surface area contributed by atoms with Crippen molar-refractivity contribution in [1.82, 2.24) is 10.2 Å². The lowest BCUT2D eigenvalue weighted by molar-refractivity contribution is 0.324. The summed E-state index contributed by atoms with van der Waals surface area (Å²) in [6, 6.07) is 7.65. The van der Waals surface area contributed by atoms with Crippen LogP contribution in [0.25, 0.3) is 11.5 Å². The van der Waals surface area contributed by atoms with Crippen molar-refractivity contribution >= 4 is 39.0 Å². The van der Waals surface area contributed by atoms with Gasteiger partial charge in [-0.05, 0) is 40.2 Å². The van der Waals surface area contributed by atoms with E-state index in [4.69, 9.17) is 18.6 Å². The summed E-state index contributed by atoms with van der Waals surface area (Å²) >= 11 is 6.63. The lowest BCUT2D eigenvalue weighted by atomic mass is 10.2. The van der Waals surface area contributed by atoms with Gasteiger partial charge in [0.2, 0.25) is 11.6 Å². The Balaban J connectivity index is 1.81. The van der Waals surface area contributed by atoms with Crippen molar-refractivity contribution in [2.75, 3.05) is 21.3 Å². The molecule has 0 radical (unpaired) electrons. The number of halogens is 1. The van der Waals surface area contributed by atoms with Crippen LogP contribution in [0.5, 0.6) is 17.2 Å². The van der Waals surface area contributed by atoms with Gasteiger partial charge in [0.05, 0.1) is 25.1 Å². The molecule has 0 bridgehead atoms. The first-order chi connectivity index (χ1) is 12.1. The van der Waals surface area contributed by atoms with Crippen LogP contribution >= 0.6 is 39.0 Å². The van der Waals surface area contributed by atoms with Crippen LogP contribution in [0.4, 0.5) is 0 Å². The summed E-state index contributed by atoms with van der Waals surface area (Å²) in [7, 11) is 4.69. The fraction of sp³-hybridized carbons (Fsp3) is 0.250. The van der Waals surface area contributed by atoms with Crippen LogP contribution in [0.15, 0.2) is 37.7 Å². The number of hydrogen-bond acceptors (Lipinski definition) is 8. The Labute approximate surface area is 161 Å². The number of ether oxygens (including phenoxy) is 3. The fourth-order valence-electron chi connectivity index (χ4n) is 2.15. The number of thiophene rings is 1. The molecule has 0 aliphatic heterocycles. The van der Waals surface area contributed by atoms with E-state index in [2.05, 4.69) is 32.2 Å². The Bertz CT molecular complexity index is 840. The number of thioether (sulfide) groups is 1. The van der Waals surface area contributed by atoms with E-state index >= 15 is 0 Å². The smallest absolute Gasteiger partial charge is 0.277 e. The summed E-state index contributed by atoms with van der Waals surface area (Å²) in [5, 5.41) is 8.72. The lowest BCUT2D eigenvalue weighted by Gasteiger charge is -2.12. The monoisotopic (exact) mass is 442 g/mol. The van der Waals surface area contributed by atoms with Gasteiger partial charge in [-0.3, -0.25) is 0 Å². The third-order valence-corrected chi connectivity index (χ3v) is 5.96. The number of nitrogens with zero attached hydrogens (tertiary/aromatic N) is 2. The summed E-state index contributed by atoms with van der Waals surface area (Å²) in [5.74, 6) is 2.76. The van der Waals surface area contributed by atoms with E-state index in [0.717, 1.165) is 9.54 Å². The minimum atomic E-state index is 0.397. The number of rotatable bonds is 7. The van der Waals surface area contributed by atoms with Gasteiger partial charge in [-0.2, -0.15) is 0 Å². The van der Waals surface area contributed by atoms with Gasteiger partial charge in [-0.15, -0.1) is 21.5 Å². The molecule has 6 nitrogen and oxygen atoms in total. The van der Waals surface area contributed by atoms with E-state index in [9.17, 15) is 0 Å². The van der Waals surface area contributed by atoms with Crippen molar-refractivity contribution in [1.29, 1.82) is 0 Å². The van der Waals surface area contributed by atoms with Gasteiger partial charge in [0.1, 0.15) is 0 Å². The zero-order chi connectivity index (χ0) is 17.8. The fourth-order valence-corrected chi connectivity index (χ4v) is 4.44. The summed E-state index contributed by atoms with van der Waals surface area (Å²) < 4.78 is 22.9. The van der Waals surface area contributed by atoms with E-state index < -0.39 is 0 Å². The van der Waals surface area contributed by atoms with E-state index in [1.54, 1.807) is 44.8 Å². The molecule has 0 N–H and O–H groups in total. The van der Waals surface area contributed by atoms with Gasteiger partial charge in [0, 0.05) is 16.2 Å². The second kappa shape index (κ2) is 8.11. The molecule has 0 aliphatic carbocycles. The van der Waals surface area contributed by atoms with Crippen molar-refractivity contribution in [2.24, 2.45) is 0 Å². The largest absolute Gasteiger partial charge is 0.493 e. The molecule has 0 amide bonds. The van der Waals surface area contributed by atoms with E-state index in [1.165, 1.54) is 16.6 Å². The minimum absolute atomic E-state index is 0.397. The minimum Gasteiger partial charge on any atom is -0.493 e. The Morgan fingerprint density at radius 3 is 2.36 bits per heavy atom. The molecular weight excluding hydrogens is 428 g/mol. The van der Waals surface area contributed by atoms with Crippen LogP contribution in [0.3, 0.4) is 0 Å². The van der Waals surface area contributed by atoms with Crippen molar-refractivity contribution in [3.63, 3.8) is 0 Å². The lowest BCUT2D eigenvalue weighted by Crippen LogP contribution is -1.95. The van der Waals surface area contributed by atoms with Gasteiger partial charge in [-0.25, -0.2) is 0 Å². The normalized spacial score (nSPS) is 10.7. The van der Waals surface area contributed by atoms with Gasteiger partial charge in [0.15, 0.2) is 11.5 Å². The molecule has 0 atom stereocenters. The summed E-state index contributed by atoms with van der Waals surface area (Å²) in [6.45, 7) is 0. The molecule has 3 rings (SSSR count). The van der Waals surface area contributed by atoms with Crippen molar-refractivity contribution in [3.8, 4) is 28.7 Å². The van der Waals surface area contributed by atoms with Crippen LogP contribution in [-0.4, -0.2) is 31.5 Å². The summed E-state index contributed by atoms with van der Waals surface area (Å²) in [4.78, 5) is 1.23. The first-order valence-corrected chi connectivity index (χ1v) is 9.75. The van der Waals surface area contributed by atoms with Crippen molar-refractivity contribution in [3.05, 3.63) is 32.9 Å². The molecule has 2 heterocycles. The summed E-state index contributed by atoms with van der Waals surface area (Å²) in [5.41, 5.74) is 0.702. The number of methoxy groups -OCH3 is 3. The molecular formula is C16H15BrN2O4S2. The van der Waals surface area contributed by atoms with Gasteiger partial charge >= 0.3 is 0 Å². The Morgan fingerprint density at radius 1 is 1.08 bits per heavy atom. The maximum Gasteiger partial charge on any atom is 0.277 e. The number of benzene rings is 1. The molecule has 1 aromatic carbocycles. The van der Waals surface area contributed by atoms with Crippen molar-refractivity contribution < 1.29 is 18.6 Å². The topological polar surface area (TPSA) is 66.6 Å². The molecule has 0 spiro atoms. The zero-order valence-electron chi connectivity index (χ0n) is 13.7. The zero-order valence-corrected chi connectivity index (χ0v) is 17.0. The van der Waals surface area contributed by atoms with Crippen LogP contribution in [0, 0.1) is 0 Å². The SMILES string of the molecule is COc1cc(-c2nnc(SCc3ccc(Br)s3)o2)cc(OC)c1OC. The standard InChI is InChI=1S/C16H15BrN2O4S2/c1-20-11-6-9(7-12(21-2)14(11)22-3)15-18-19-16(23-15)24-8-10-4-5-13(17)25-10/h4-7H,8H2,1-3H3. The van der Waals surface area contributed by atoms with Gasteiger partial charge in [-0.1, -0.05) is 11.8 Å². The van der Waals surface area contributed by atoms with E-state index in [0.29, 0.717) is 33.9 Å². The molecule has 25 heavy (non-hydrogen) atoms. The Hall–Kier alpha value is -1.71. The second-order valence-corrected chi connectivity index (χ2v) is 8.26. The Morgan fingerprint density at radius 2 is 1.80 bits per heavy atom.